The number of aliphatic carboxylic acids is 2. The first kappa shape index (κ1) is 17.5. The number of benzene rings is 1. The van der Waals surface area contributed by atoms with Crippen LogP contribution in [0.4, 0.5) is 5.69 Å². The lowest BCUT2D eigenvalue weighted by atomic mass is 9.86. The molecule has 0 aromatic heterocycles. The lowest BCUT2D eigenvalue weighted by Gasteiger charge is -2.21. The van der Waals surface area contributed by atoms with E-state index in [1.165, 1.54) is 18.2 Å². The Balaban J connectivity index is 3.16. The van der Waals surface area contributed by atoms with Crippen LogP contribution in [0.25, 0.3) is 0 Å². The molecule has 9 nitrogen and oxygen atoms in total. The van der Waals surface area contributed by atoms with Crippen molar-refractivity contribution in [3.8, 4) is 0 Å². The molecule has 9 heteroatoms. The molecule has 0 amide bonds. The third-order valence-corrected chi connectivity index (χ3v) is 3.28. The Morgan fingerprint density at radius 3 is 1.95 bits per heavy atom. The van der Waals surface area contributed by atoms with E-state index in [4.69, 9.17) is 21.7 Å². The molecule has 22 heavy (non-hydrogen) atoms. The highest BCUT2D eigenvalue weighted by Crippen LogP contribution is 2.32. The predicted molar refractivity (Wildman–Crippen MR) is 76.3 cm³/mol. The van der Waals surface area contributed by atoms with E-state index in [9.17, 15) is 19.7 Å². The Bertz CT molecular complexity index is 555. The number of carboxylic acids is 2. The van der Waals surface area contributed by atoms with E-state index >= 15 is 0 Å². The summed E-state index contributed by atoms with van der Waals surface area (Å²) in [5, 5.41) is 28.9. The zero-order valence-corrected chi connectivity index (χ0v) is 11.6. The van der Waals surface area contributed by atoms with Gasteiger partial charge < -0.3 is 21.7 Å². The maximum absolute atomic E-state index is 11.1. The number of nitro benzene ring substituents is 1. The minimum atomic E-state index is -1.27. The number of rotatable bonds is 8. The number of carboxylic acid groups (broad SMARTS) is 2. The number of nitro groups is 1. The van der Waals surface area contributed by atoms with Crippen molar-refractivity contribution in [3.05, 3.63) is 39.9 Å². The van der Waals surface area contributed by atoms with Gasteiger partial charge in [0.25, 0.3) is 5.69 Å². The van der Waals surface area contributed by atoms with Gasteiger partial charge in [0.1, 0.15) is 12.1 Å². The summed E-state index contributed by atoms with van der Waals surface area (Å²) in [4.78, 5) is 32.3. The van der Waals surface area contributed by atoms with Crippen molar-refractivity contribution in [2.45, 2.75) is 30.8 Å². The smallest absolute Gasteiger partial charge is 0.320 e. The van der Waals surface area contributed by atoms with Crippen LogP contribution in [0.1, 0.15) is 24.3 Å². The third-order valence-electron chi connectivity index (χ3n) is 3.28. The van der Waals surface area contributed by atoms with Gasteiger partial charge in [-0.3, -0.25) is 19.7 Å². The summed E-state index contributed by atoms with van der Waals surface area (Å²) in [6.45, 7) is 0. The Kier molecular flexibility index (Phi) is 5.96. The molecule has 0 aliphatic rings. The first-order valence-corrected chi connectivity index (χ1v) is 6.44. The van der Waals surface area contributed by atoms with Gasteiger partial charge in [0.05, 0.1) is 4.92 Å². The van der Waals surface area contributed by atoms with E-state index < -0.39 is 34.9 Å². The van der Waals surface area contributed by atoms with Crippen LogP contribution < -0.4 is 11.5 Å². The van der Waals surface area contributed by atoms with Crippen LogP contribution in [-0.2, 0) is 9.59 Å². The molecule has 0 aliphatic heterocycles. The van der Waals surface area contributed by atoms with Crippen LogP contribution in [0.5, 0.6) is 0 Å². The lowest BCUT2D eigenvalue weighted by molar-refractivity contribution is -0.385. The number of para-hydroxylation sites is 1. The van der Waals surface area contributed by atoms with E-state index in [1.54, 1.807) is 6.07 Å². The molecule has 0 saturated heterocycles. The first-order valence-electron chi connectivity index (χ1n) is 6.44. The summed E-state index contributed by atoms with van der Waals surface area (Å²) in [6.07, 6.45) is -0.303. The first-order chi connectivity index (χ1) is 10.2. The molecule has 0 bridgehead atoms. The van der Waals surface area contributed by atoms with Crippen molar-refractivity contribution in [2.75, 3.05) is 0 Å². The topological polar surface area (TPSA) is 170 Å². The fourth-order valence-electron chi connectivity index (χ4n) is 2.16. The molecular weight excluding hydrogens is 294 g/mol. The van der Waals surface area contributed by atoms with E-state index in [0.29, 0.717) is 0 Å². The zero-order valence-electron chi connectivity index (χ0n) is 11.6. The summed E-state index contributed by atoms with van der Waals surface area (Å²) >= 11 is 0. The van der Waals surface area contributed by atoms with Gasteiger partial charge >= 0.3 is 11.9 Å². The molecular formula is C13H17N3O6. The Labute approximate surface area is 125 Å². The van der Waals surface area contributed by atoms with Gasteiger partial charge in [-0.25, -0.2) is 0 Å². The standard InChI is InChI=1S/C13H17N3O6/c14-9(12(17)18)5-7(6-10(15)13(19)20)8-3-1-2-4-11(8)16(21)22/h1-4,7,9-10H,5-6,14-15H2,(H,17,18)(H,19,20). The Hall–Kier alpha value is -2.52. The number of nitrogens with two attached hydrogens (primary N) is 2. The lowest BCUT2D eigenvalue weighted by Crippen LogP contribution is -2.36. The predicted octanol–water partition coefficient (Wildman–Crippen LogP) is 0.282. The molecule has 1 aromatic rings. The van der Waals surface area contributed by atoms with Crippen molar-refractivity contribution in [1.29, 1.82) is 0 Å². The average Bonchev–Trinajstić information content (AvgIpc) is 2.45. The summed E-state index contributed by atoms with van der Waals surface area (Å²) < 4.78 is 0. The summed E-state index contributed by atoms with van der Waals surface area (Å²) in [5.74, 6) is -3.29. The van der Waals surface area contributed by atoms with Crippen LogP contribution in [-0.4, -0.2) is 39.2 Å². The van der Waals surface area contributed by atoms with E-state index in [0.717, 1.165) is 0 Å². The maximum atomic E-state index is 11.1. The van der Waals surface area contributed by atoms with Gasteiger partial charge in [-0.05, 0) is 18.8 Å². The number of hydrogen-bond donors (Lipinski definition) is 4. The van der Waals surface area contributed by atoms with E-state index in [2.05, 4.69) is 0 Å². The zero-order chi connectivity index (χ0) is 16.9. The van der Waals surface area contributed by atoms with E-state index in [1.807, 2.05) is 0 Å². The SMILES string of the molecule is NC(CC(CC(N)C(=O)O)c1ccccc1[N+](=O)[O-])C(=O)O. The molecule has 0 radical (unpaired) electrons. The van der Waals surface area contributed by atoms with E-state index in [-0.39, 0.29) is 24.1 Å². The maximum Gasteiger partial charge on any atom is 0.320 e. The number of hydrogen-bond acceptors (Lipinski definition) is 6. The van der Waals surface area contributed by atoms with Gasteiger partial charge in [0.2, 0.25) is 0 Å². The normalized spacial score (nSPS) is 14.8. The number of carbonyl (C=O) groups is 2. The second-order valence-electron chi connectivity index (χ2n) is 4.87. The Morgan fingerprint density at radius 1 is 1.09 bits per heavy atom. The van der Waals surface area contributed by atoms with Crippen LogP contribution >= 0.6 is 0 Å². The molecule has 2 atom stereocenters. The molecule has 0 saturated carbocycles. The van der Waals surface area contributed by atoms with Crippen LogP contribution in [0.15, 0.2) is 24.3 Å². The fourth-order valence-corrected chi connectivity index (χ4v) is 2.16. The van der Waals surface area contributed by atoms with Gasteiger partial charge in [0.15, 0.2) is 0 Å². The minimum Gasteiger partial charge on any atom is -0.480 e. The molecule has 1 aromatic carbocycles. The average molecular weight is 311 g/mol. The third kappa shape index (κ3) is 4.50. The molecule has 0 heterocycles. The molecule has 0 aliphatic carbocycles. The number of nitrogens with zero attached hydrogens (tertiary/aromatic N) is 1. The van der Waals surface area contributed by atoms with Gasteiger partial charge in [-0.15, -0.1) is 0 Å². The Morgan fingerprint density at radius 2 is 1.55 bits per heavy atom. The highest BCUT2D eigenvalue weighted by Gasteiger charge is 2.29. The molecule has 0 fully saturated rings. The van der Waals surface area contributed by atoms with Crippen molar-refractivity contribution in [1.82, 2.24) is 0 Å². The molecule has 120 valence electrons. The van der Waals surface area contributed by atoms with Gasteiger partial charge in [0, 0.05) is 11.6 Å². The second kappa shape index (κ2) is 7.48. The van der Waals surface area contributed by atoms with Gasteiger partial charge in [-0.1, -0.05) is 18.2 Å². The monoisotopic (exact) mass is 311 g/mol. The largest absolute Gasteiger partial charge is 0.480 e. The highest BCUT2D eigenvalue weighted by atomic mass is 16.6. The van der Waals surface area contributed by atoms with Crippen molar-refractivity contribution < 1.29 is 24.7 Å². The van der Waals surface area contributed by atoms with Gasteiger partial charge in [-0.2, -0.15) is 0 Å². The minimum absolute atomic E-state index is 0.152. The van der Waals surface area contributed by atoms with Crippen LogP contribution in [0.3, 0.4) is 0 Å². The van der Waals surface area contributed by atoms with Crippen molar-refractivity contribution in [3.63, 3.8) is 0 Å². The fraction of sp³-hybridized carbons (Fsp3) is 0.385. The molecule has 1 rings (SSSR count). The van der Waals surface area contributed by atoms with Crippen molar-refractivity contribution >= 4 is 17.6 Å². The van der Waals surface area contributed by atoms with Crippen molar-refractivity contribution in [2.24, 2.45) is 11.5 Å². The summed E-state index contributed by atoms with van der Waals surface area (Å²) in [7, 11) is 0. The summed E-state index contributed by atoms with van der Waals surface area (Å²) in [5.41, 5.74) is 11.0. The second-order valence-corrected chi connectivity index (χ2v) is 4.87. The molecule has 6 N–H and O–H groups in total. The summed E-state index contributed by atoms with van der Waals surface area (Å²) in [6, 6.07) is 3.19. The highest BCUT2D eigenvalue weighted by molar-refractivity contribution is 5.74. The molecule has 2 unspecified atom stereocenters. The molecule has 0 spiro atoms. The van der Waals surface area contributed by atoms with Crippen LogP contribution in [0.2, 0.25) is 0 Å². The van der Waals surface area contributed by atoms with Crippen LogP contribution in [0, 0.1) is 10.1 Å². The quantitative estimate of drug-likeness (QED) is 0.391.